The smallest absolute Gasteiger partial charge is 0.337 e. The Morgan fingerprint density at radius 2 is 1.91 bits per heavy atom. The van der Waals surface area contributed by atoms with Crippen LogP contribution < -0.4 is 4.74 Å². The fraction of sp³-hybridized carbons (Fsp3) is 0.235. The molecule has 0 amide bonds. The van der Waals surface area contributed by atoms with Crippen molar-refractivity contribution in [1.82, 2.24) is 14.5 Å². The summed E-state index contributed by atoms with van der Waals surface area (Å²) < 4.78 is 44.7. The number of aromatic carboxylic acids is 1. The van der Waals surface area contributed by atoms with Crippen molar-refractivity contribution in [2.75, 3.05) is 13.2 Å². The lowest BCUT2D eigenvalue weighted by molar-refractivity contribution is 0.0697. The van der Waals surface area contributed by atoms with Gasteiger partial charge < -0.3 is 19.1 Å². The molecule has 1 unspecified atom stereocenters. The number of aromatic nitrogens is 3. The summed E-state index contributed by atoms with van der Waals surface area (Å²) in [6.07, 6.45) is -0.0640. The molecular formula is C34H27ClF2N4O4. The lowest BCUT2D eigenvalue weighted by Gasteiger charge is -2.28. The second-order valence-corrected chi connectivity index (χ2v) is 12.0. The first-order valence-electron chi connectivity index (χ1n) is 14.1. The van der Waals surface area contributed by atoms with E-state index in [1.807, 2.05) is 18.4 Å². The summed E-state index contributed by atoms with van der Waals surface area (Å²) in [5, 5.41) is 18.7. The molecule has 45 heavy (non-hydrogen) atoms. The van der Waals surface area contributed by atoms with Crippen molar-refractivity contribution in [2.45, 2.75) is 32.9 Å². The summed E-state index contributed by atoms with van der Waals surface area (Å²) in [7, 11) is 0. The number of hydrogen-bond donors (Lipinski definition) is 1. The maximum atomic E-state index is 15.7. The summed E-state index contributed by atoms with van der Waals surface area (Å²) in [5.41, 5.74) is 2.15. The SMILES string of the molecule is CC1(C)COCC1n1c(Cc2cc(F)c(-c3cccc(OCc4ccc(C#N)cc4)n3)cc2F)nc2cc(Cl)c(C(=O)O)cc21. The van der Waals surface area contributed by atoms with Gasteiger partial charge >= 0.3 is 5.97 Å². The average Bonchev–Trinajstić information content (AvgIpc) is 3.54. The first kappa shape index (κ1) is 30.2. The van der Waals surface area contributed by atoms with Crippen LogP contribution in [0.2, 0.25) is 5.02 Å². The fourth-order valence-corrected chi connectivity index (χ4v) is 5.79. The predicted octanol–water partition coefficient (Wildman–Crippen LogP) is 7.37. The minimum atomic E-state index is -1.18. The summed E-state index contributed by atoms with van der Waals surface area (Å²) in [6, 6.07) is 18.7. The molecule has 0 saturated carbocycles. The van der Waals surface area contributed by atoms with Gasteiger partial charge in [0.25, 0.3) is 0 Å². The highest BCUT2D eigenvalue weighted by Crippen LogP contribution is 2.41. The van der Waals surface area contributed by atoms with E-state index >= 15 is 8.78 Å². The maximum Gasteiger partial charge on any atom is 0.337 e. The van der Waals surface area contributed by atoms with Gasteiger partial charge in [0.1, 0.15) is 24.1 Å². The molecule has 0 bridgehead atoms. The van der Waals surface area contributed by atoms with Crippen LogP contribution in [0.15, 0.2) is 66.7 Å². The van der Waals surface area contributed by atoms with Gasteiger partial charge in [-0.05, 0) is 53.6 Å². The number of imidazole rings is 1. The van der Waals surface area contributed by atoms with Crippen LogP contribution in [0.3, 0.4) is 0 Å². The Morgan fingerprint density at radius 3 is 2.60 bits per heavy atom. The summed E-state index contributed by atoms with van der Waals surface area (Å²) in [5.74, 6) is -1.85. The molecular weight excluding hydrogens is 602 g/mol. The first-order valence-corrected chi connectivity index (χ1v) is 14.5. The highest BCUT2D eigenvalue weighted by Gasteiger charge is 2.39. The zero-order valence-corrected chi connectivity index (χ0v) is 25.1. The maximum absolute atomic E-state index is 15.7. The minimum absolute atomic E-state index is 0.0308. The Balaban J connectivity index is 1.32. The van der Waals surface area contributed by atoms with Gasteiger partial charge in [0, 0.05) is 23.5 Å². The van der Waals surface area contributed by atoms with E-state index in [0.717, 1.165) is 17.7 Å². The Morgan fingerprint density at radius 1 is 1.13 bits per heavy atom. The second-order valence-electron chi connectivity index (χ2n) is 11.6. The summed E-state index contributed by atoms with van der Waals surface area (Å²) in [4.78, 5) is 20.9. The van der Waals surface area contributed by atoms with Crippen molar-refractivity contribution in [3.05, 3.63) is 111 Å². The monoisotopic (exact) mass is 628 g/mol. The van der Waals surface area contributed by atoms with Gasteiger partial charge in [-0.2, -0.15) is 5.26 Å². The molecule has 1 atom stereocenters. The molecule has 1 N–H and O–H groups in total. The third-order valence-electron chi connectivity index (χ3n) is 8.00. The summed E-state index contributed by atoms with van der Waals surface area (Å²) in [6.45, 7) is 5.05. The molecule has 1 aliphatic heterocycles. The Labute approximate surface area is 262 Å². The molecule has 1 fully saturated rings. The number of carboxylic acids is 1. The first-order chi connectivity index (χ1) is 21.5. The van der Waals surface area contributed by atoms with E-state index in [0.29, 0.717) is 35.6 Å². The lowest BCUT2D eigenvalue weighted by Crippen LogP contribution is -2.27. The van der Waals surface area contributed by atoms with Crippen LogP contribution in [0.25, 0.3) is 22.3 Å². The molecule has 8 nitrogen and oxygen atoms in total. The van der Waals surface area contributed by atoms with Crippen LogP contribution in [0, 0.1) is 28.4 Å². The molecule has 1 aliphatic rings. The number of hydrogen-bond acceptors (Lipinski definition) is 6. The average molecular weight is 629 g/mol. The predicted molar refractivity (Wildman–Crippen MR) is 163 cm³/mol. The van der Waals surface area contributed by atoms with Gasteiger partial charge in [-0.3, -0.25) is 0 Å². The van der Waals surface area contributed by atoms with Gasteiger partial charge in [-0.25, -0.2) is 23.5 Å². The zero-order valence-electron chi connectivity index (χ0n) is 24.4. The molecule has 11 heteroatoms. The largest absolute Gasteiger partial charge is 0.478 e. The number of benzene rings is 3. The highest BCUT2D eigenvalue weighted by molar-refractivity contribution is 6.34. The van der Waals surface area contributed by atoms with E-state index in [-0.39, 0.29) is 57.8 Å². The zero-order chi connectivity index (χ0) is 31.9. The number of nitrogens with zero attached hydrogens (tertiary/aromatic N) is 4. The van der Waals surface area contributed by atoms with Crippen molar-refractivity contribution in [2.24, 2.45) is 5.41 Å². The van der Waals surface area contributed by atoms with E-state index in [1.165, 1.54) is 12.1 Å². The molecule has 3 heterocycles. The molecule has 0 radical (unpaired) electrons. The number of ether oxygens (including phenoxy) is 2. The van der Waals surface area contributed by atoms with E-state index < -0.39 is 17.6 Å². The second kappa shape index (κ2) is 11.9. The molecule has 0 aliphatic carbocycles. The standard InChI is InChI=1S/C34H27ClF2N4O4/c1-34(2)18-44-17-30(34)41-29-13-22(33(42)43)24(35)14-28(29)39-31(41)11-21-10-26(37)23(12-25(21)36)27-4-3-5-32(40-27)45-16-20-8-6-19(15-38)7-9-20/h3-10,12-14,30H,11,16-18H2,1-2H3,(H,42,43). The number of fused-ring (bicyclic) bond motifs is 1. The van der Waals surface area contributed by atoms with E-state index in [9.17, 15) is 9.90 Å². The number of nitriles is 1. The Kier molecular flexibility index (Phi) is 7.99. The van der Waals surface area contributed by atoms with Gasteiger partial charge in [0.2, 0.25) is 5.88 Å². The molecule has 2 aromatic heterocycles. The summed E-state index contributed by atoms with van der Waals surface area (Å²) >= 11 is 6.24. The minimum Gasteiger partial charge on any atom is -0.478 e. The van der Waals surface area contributed by atoms with Crippen molar-refractivity contribution in [3.8, 4) is 23.2 Å². The van der Waals surface area contributed by atoms with Crippen molar-refractivity contribution < 1.29 is 28.2 Å². The van der Waals surface area contributed by atoms with Crippen LogP contribution in [-0.2, 0) is 17.8 Å². The van der Waals surface area contributed by atoms with Gasteiger partial charge in [0.15, 0.2) is 0 Å². The third-order valence-corrected chi connectivity index (χ3v) is 8.31. The Hall–Kier alpha value is -4.85. The van der Waals surface area contributed by atoms with Crippen LogP contribution >= 0.6 is 11.6 Å². The van der Waals surface area contributed by atoms with Crippen LogP contribution in [0.4, 0.5) is 8.78 Å². The number of rotatable bonds is 8. The normalized spacial score (nSPS) is 15.7. The van der Waals surface area contributed by atoms with Crippen LogP contribution in [0.1, 0.15) is 52.8 Å². The van der Waals surface area contributed by atoms with Crippen molar-refractivity contribution in [3.63, 3.8) is 0 Å². The highest BCUT2D eigenvalue weighted by atomic mass is 35.5. The molecule has 1 saturated heterocycles. The molecule has 228 valence electrons. The van der Waals surface area contributed by atoms with Gasteiger partial charge in [-0.1, -0.05) is 43.6 Å². The fourth-order valence-electron chi connectivity index (χ4n) is 5.55. The van der Waals surface area contributed by atoms with E-state index in [1.54, 1.807) is 42.5 Å². The molecule has 3 aromatic carbocycles. The molecule has 6 rings (SSSR count). The van der Waals surface area contributed by atoms with Crippen molar-refractivity contribution >= 4 is 28.6 Å². The molecule has 5 aromatic rings. The van der Waals surface area contributed by atoms with Crippen molar-refractivity contribution in [1.29, 1.82) is 5.26 Å². The third kappa shape index (κ3) is 5.97. The van der Waals surface area contributed by atoms with Gasteiger partial charge in [0.05, 0.1) is 58.2 Å². The quantitative estimate of drug-likeness (QED) is 0.191. The van der Waals surface area contributed by atoms with Gasteiger partial charge in [-0.15, -0.1) is 0 Å². The lowest BCUT2D eigenvalue weighted by atomic mass is 9.87. The number of pyridine rings is 1. The Bertz CT molecular complexity index is 1990. The van der Waals surface area contributed by atoms with Crippen LogP contribution in [-0.4, -0.2) is 38.8 Å². The number of halogens is 3. The van der Waals surface area contributed by atoms with E-state index in [4.69, 9.17) is 31.3 Å². The molecule has 0 spiro atoms. The van der Waals surface area contributed by atoms with Crippen LogP contribution in [0.5, 0.6) is 5.88 Å². The van der Waals surface area contributed by atoms with E-state index in [2.05, 4.69) is 11.1 Å². The number of carbonyl (C=O) groups is 1. The topological polar surface area (TPSA) is 110 Å². The number of carboxylic acid groups (broad SMARTS) is 1.